The summed E-state index contributed by atoms with van der Waals surface area (Å²) in [6.45, 7) is 1.66. The minimum atomic E-state index is -0.618. The molecule has 0 atom stereocenters. The van der Waals surface area contributed by atoms with Crippen molar-refractivity contribution in [3.05, 3.63) is 58.9 Å². The summed E-state index contributed by atoms with van der Waals surface area (Å²) in [6, 6.07) is 10.6. The van der Waals surface area contributed by atoms with Crippen LogP contribution in [0.3, 0.4) is 0 Å². The number of aryl methyl sites for hydroxylation is 1. The fourth-order valence-electron chi connectivity index (χ4n) is 2.08. The Bertz CT molecular complexity index is 788. The third-order valence-corrected chi connectivity index (χ3v) is 3.26. The van der Waals surface area contributed by atoms with Crippen LogP contribution in [0.25, 0.3) is 23.5 Å². The number of rotatable bonds is 3. The average molecular weight is 296 g/mol. The standard InChI is InChI=1S/C16H13FN4O/c1-10-8-12(9-14(17)15(10)22)3-2-11-4-6-13(7-5-11)16-18-20-21-19-16/h2-9,22H,1H3,(H,18,19,20,21)/b3-2+. The van der Waals surface area contributed by atoms with Crippen molar-refractivity contribution >= 4 is 12.2 Å². The molecular formula is C16H13FN4O. The van der Waals surface area contributed by atoms with Crippen molar-refractivity contribution in [3.8, 4) is 17.1 Å². The number of halogens is 1. The molecule has 0 saturated carbocycles. The van der Waals surface area contributed by atoms with Crippen molar-refractivity contribution in [2.24, 2.45) is 0 Å². The molecular weight excluding hydrogens is 283 g/mol. The molecule has 1 aromatic heterocycles. The fourth-order valence-corrected chi connectivity index (χ4v) is 2.08. The van der Waals surface area contributed by atoms with Gasteiger partial charge in [-0.3, -0.25) is 0 Å². The number of nitrogens with one attached hydrogen (secondary N) is 1. The number of aromatic amines is 1. The second-order valence-corrected chi connectivity index (χ2v) is 4.86. The zero-order chi connectivity index (χ0) is 15.5. The zero-order valence-electron chi connectivity index (χ0n) is 11.8. The van der Waals surface area contributed by atoms with Gasteiger partial charge in [0.15, 0.2) is 11.6 Å². The maximum atomic E-state index is 13.5. The van der Waals surface area contributed by atoms with Crippen LogP contribution in [-0.2, 0) is 0 Å². The molecule has 0 aliphatic heterocycles. The average Bonchev–Trinajstić information content (AvgIpc) is 3.05. The number of H-pyrrole nitrogens is 1. The van der Waals surface area contributed by atoms with Crippen LogP contribution in [0.4, 0.5) is 4.39 Å². The first kappa shape index (κ1) is 13.9. The number of nitrogens with zero attached hydrogens (tertiary/aromatic N) is 3. The molecule has 0 spiro atoms. The van der Waals surface area contributed by atoms with E-state index in [2.05, 4.69) is 20.6 Å². The van der Waals surface area contributed by atoms with Gasteiger partial charge < -0.3 is 5.11 Å². The summed E-state index contributed by atoms with van der Waals surface area (Å²) in [4.78, 5) is 0. The van der Waals surface area contributed by atoms with E-state index in [-0.39, 0.29) is 5.75 Å². The van der Waals surface area contributed by atoms with E-state index in [4.69, 9.17) is 0 Å². The molecule has 6 heteroatoms. The summed E-state index contributed by atoms with van der Waals surface area (Å²) in [7, 11) is 0. The highest BCUT2D eigenvalue weighted by Crippen LogP contribution is 2.23. The van der Waals surface area contributed by atoms with E-state index in [1.807, 2.05) is 30.3 Å². The van der Waals surface area contributed by atoms with E-state index >= 15 is 0 Å². The first-order valence-corrected chi connectivity index (χ1v) is 6.64. The number of benzene rings is 2. The molecule has 22 heavy (non-hydrogen) atoms. The van der Waals surface area contributed by atoms with Gasteiger partial charge in [0.05, 0.1) is 0 Å². The molecule has 3 aromatic rings. The normalized spacial score (nSPS) is 11.2. The number of phenols is 1. The molecule has 110 valence electrons. The van der Waals surface area contributed by atoms with E-state index in [0.29, 0.717) is 17.0 Å². The van der Waals surface area contributed by atoms with Gasteiger partial charge in [0.1, 0.15) is 0 Å². The summed E-state index contributed by atoms with van der Waals surface area (Å²) >= 11 is 0. The molecule has 0 bridgehead atoms. The SMILES string of the molecule is Cc1cc(/C=C/c2ccc(-c3nn[nH]n3)cc2)cc(F)c1O. The molecule has 0 amide bonds. The Morgan fingerprint density at radius 1 is 1.09 bits per heavy atom. The summed E-state index contributed by atoms with van der Waals surface area (Å²) in [5, 5.41) is 23.2. The number of aromatic nitrogens is 4. The van der Waals surface area contributed by atoms with Crippen molar-refractivity contribution in [2.75, 3.05) is 0 Å². The Kier molecular flexibility index (Phi) is 3.65. The predicted octanol–water partition coefficient (Wildman–Crippen LogP) is 3.19. The van der Waals surface area contributed by atoms with Crippen molar-refractivity contribution in [1.29, 1.82) is 0 Å². The van der Waals surface area contributed by atoms with Crippen molar-refractivity contribution in [3.63, 3.8) is 0 Å². The second kappa shape index (κ2) is 5.77. The largest absolute Gasteiger partial charge is 0.505 e. The van der Waals surface area contributed by atoms with Crippen LogP contribution in [0.1, 0.15) is 16.7 Å². The van der Waals surface area contributed by atoms with Crippen molar-refractivity contribution in [2.45, 2.75) is 6.92 Å². The Morgan fingerprint density at radius 2 is 1.82 bits per heavy atom. The Balaban J connectivity index is 1.81. The van der Waals surface area contributed by atoms with Crippen molar-refractivity contribution in [1.82, 2.24) is 20.6 Å². The lowest BCUT2D eigenvalue weighted by Crippen LogP contribution is -1.84. The Hall–Kier alpha value is -3.02. The molecule has 5 nitrogen and oxygen atoms in total. The van der Waals surface area contributed by atoms with Crippen LogP contribution in [0.2, 0.25) is 0 Å². The van der Waals surface area contributed by atoms with Crippen LogP contribution in [0.5, 0.6) is 5.75 Å². The molecule has 2 aromatic carbocycles. The summed E-state index contributed by atoms with van der Waals surface area (Å²) in [5.41, 5.74) is 3.01. The lowest BCUT2D eigenvalue weighted by Gasteiger charge is -2.02. The minimum Gasteiger partial charge on any atom is -0.505 e. The molecule has 0 saturated heterocycles. The van der Waals surface area contributed by atoms with Gasteiger partial charge in [0, 0.05) is 5.56 Å². The highest BCUT2D eigenvalue weighted by atomic mass is 19.1. The van der Waals surface area contributed by atoms with Gasteiger partial charge in [0.2, 0.25) is 5.82 Å². The number of aromatic hydroxyl groups is 1. The van der Waals surface area contributed by atoms with Crippen LogP contribution >= 0.6 is 0 Å². The van der Waals surface area contributed by atoms with E-state index in [1.165, 1.54) is 6.07 Å². The number of hydrogen-bond donors (Lipinski definition) is 2. The quantitative estimate of drug-likeness (QED) is 0.728. The lowest BCUT2D eigenvalue weighted by atomic mass is 10.1. The smallest absolute Gasteiger partial charge is 0.204 e. The van der Waals surface area contributed by atoms with Gasteiger partial charge in [-0.2, -0.15) is 5.21 Å². The summed E-state index contributed by atoms with van der Waals surface area (Å²) < 4.78 is 13.5. The molecule has 2 N–H and O–H groups in total. The van der Waals surface area contributed by atoms with Gasteiger partial charge >= 0.3 is 0 Å². The number of hydrogen-bond acceptors (Lipinski definition) is 4. The van der Waals surface area contributed by atoms with Gasteiger partial charge in [-0.1, -0.05) is 36.4 Å². The minimum absolute atomic E-state index is 0.304. The first-order valence-electron chi connectivity index (χ1n) is 6.64. The highest BCUT2D eigenvalue weighted by Gasteiger charge is 2.05. The number of phenolic OH excluding ortho intramolecular Hbond substituents is 1. The van der Waals surface area contributed by atoms with Gasteiger partial charge in [-0.05, 0) is 41.0 Å². The van der Waals surface area contributed by atoms with Gasteiger partial charge in [-0.25, -0.2) is 4.39 Å². The monoisotopic (exact) mass is 296 g/mol. The Labute approximate surface area is 126 Å². The molecule has 0 radical (unpaired) electrons. The highest BCUT2D eigenvalue weighted by molar-refractivity contribution is 5.71. The van der Waals surface area contributed by atoms with Gasteiger partial charge in [-0.15, -0.1) is 10.2 Å². The molecule has 0 aliphatic rings. The fraction of sp³-hybridized carbons (Fsp3) is 0.0625. The maximum Gasteiger partial charge on any atom is 0.204 e. The predicted molar refractivity (Wildman–Crippen MR) is 81.3 cm³/mol. The van der Waals surface area contributed by atoms with Gasteiger partial charge in [0.25, 0.3) is 0 Å². The van der Waals surface area contributed by atoms with Crippen LogP contribution in [-0.4, -0.2) is 25.7 Å². The van der Waals surface area contributed by atoms with E-state index in [0.717, 1.165) is 11.1 Å². The maximum absolute atomic E-state index is 13.5. The number of tetrazole rings is 1. The zero-order valence-corrected chi connectivity index (χ0v) is 11.8. The van der Waals surface area contributed by atoms with E-state index in [9.17, 15) is 9.50 Å². The van der Waals surface area contributed by atoms with E-state index < -0.39 is 5.82 Å². The second-order valence-electron chi connectivity index (χ2n) is 4.86. The Morgan fingerprint density at radius 3 is 2.45 bits per heavy atom. The lowest BCUT2D eigenvalue weighted by molar-refractivity contribution is 0.428. The van der Waals surface area contributed by atoms with Crippen molar-refractivity contribution < 1.29 is 9.50 Å². The molecule has 1 heterocycles. The third-order valence-electron chi connectivity index (χ3n) is 3.26. The third kappa shape index (κ3) is 2.85. The topological polar surface area (TPSA) is 74.7 Å². The molecule has 0 fully saturated rings. The summed E-state index contributed by atoms with van der Waals surface area (Å²) in [5.74, 6) is -0.388. The van der Waals surface area contributed by atoms with Crippen LogP contribution < -0.4 is 0 Å². The molecule has 0 unspecified atom stereocenters. The van der Waals surface area contributed by atoms with Crippen LogP contribution in [0.15, 0.2) is 36.4 Å². The van der Waals surface area contributed by atoms with Crippen LogP contribution in [0, 0.1) is 12.7 Å². The summed E-state index contributed by atoms with van der Waals surface area (Å²) in [6.07, 6.45) is 3.66. The first-order chi connectivity index (χ1) is 10.6. The van der Waals surface area contributed by atoms with E-state index in [1.54, 1.807) is 19.1 Å². The molecule has 3 rings (SSSR count). The molecule has 0 aliphatic carbocycles.